The summed E-state index contributed by atoms with van der Waals surface area (Å²) in [6.45, 7) is 2.55. The van der Waals surface area contributed by atoms with Gasteiger partial charge in [0, 0.05) is 0 Å². The Labute approximate surface area is 150 Å². The van der Waals surface area contributed by atoms with Crippen molar-refractivity contribution in [2.75, 3.05) is 6.61 Å². The van der Waals surface area contributed by atoms with Gasteiger partial charge >= 0.3 is 11.9 Å². The molecule has 0 aromatic heterocycles. The predicted molar refractivity (Wildman–Crippen MR) is 100 cm³/mol. The lowest BCUT2D eigenvalue weighted by molar-refractivity contribution is 0.0487. The molecule has 0 spiro atoms. The Bertz CT molecular complexity index is 549. The molecule has 1 N–H and O–H groups in total. The minimum absolute atomic E-state index is 0.0155. The Morgan fingerprint density at radius 2 is 1.52 bits per heavy atom. The molecular formula is C21H30O4. The van der Waals surface area contributed by atoms with Gasteiger partial charge in [-0.3, -0.25) is 0 Å². The van der Waals surface area contributed by atoms with Gasteiger partial charge in [0.1, 0.15) is 0 Å². The number of carbonyl (C=O) groups excluding carboxylic acids is 1. The summed E-state index contributed by atoms with van der Waals surface area (Å²) >= 11 is 0. The summed E-state index contributed by atoms with van der Waals surface area (Å²) in [5, 5.41) is 9.07. The molecule has 1 aromatic carbocycles. The zero-order chi connectivity index (χ0) is 18.3. The van der Waals surface area contributed by atoms with Gasteiger partial charge in [-0.1, -0.05) is 56.9 Å². The van der Waals surface area contributed by atoms with Gasteiger partial charge in [-0.15, -0.1) is 0 Å². The molecule has 0 aliphatic rings. The van der Waals surface area contributed by atoms with Gasteiger partial charge in [0.15, 0.2) is 0 Å². The van der Waals surface area contributed by atoms with Crippen molar-refractivity contribution in [2.45, 2.75) is 64.7 Å². The zero-order valence-corrected chi connectivity index (χ0v) is 15.2. The number of carboxylic acid groups (broad SMARTS) is 1. The molecule has 0 saturated heterocycles. The lowest BCUT2D eigenvalue weighted by atomic mass is 10.1. The van der Waals surface area contributed by atoms with Gasteiger partial charge in [-0.25, -0.2) is 9.59 Å². The molecule has 0 amide bonds. The highest BCUT2D eigenvalue weighted by Crippen LogP contribution is 2.11. The fourth-order valence-corrected chi connectivity index (χ4v) is 2.56. The molecule has 0 heterocycles. The summed E-state index contributed by atoms with van der Waals surface area (Å²) in [6, 6.07) is 6.13. The first kappa shape index (κ1) is 20.9. The summed E-state index contributed by atoms with van der Waals surface area (Å²) in [5.41, 5.74) is 0.0986. The Balaban J connectivity index is 2.10. The van der Waals surface area contributed by atoms with Gasteiger partial charge < -0.3 is 9.84 Å². The van der Waals surface area contributed by atoms with Crippen molar-refractivity contribution in [2.24, 2.45) is 0 Å². The molecule has 4 nitrogen and oxygen atoms in total. The fourth-order valence-electron chi connectivity index (χ4n) is 2.56. The van der Waals surface area contributed by atoms with E-state index >= 15 is 0 Å². The Morgan fingerprint density at radius 1 is 0.920 bits per heavy atom. The number of allylic oxidation sites excluding steroid dienone is 2. The number of unbranched alkanes of at least 4 members (excludes halogenated alkanes) is 7. The summed E-state index contributed by atoms with van der Waals surface area (Å²) in [6.07, 6.45) is 14.8. The van der Waals surface area contributed by atoms with Crippen LogP contribution in [-0.2, 0) is 4.74 Å². The average molecular weight is 346 g/mol. The Morgan fingerprint density at radius 3 is 2.16 bits per heavy atom. The van der Waals surface area contributed by atoms with Crippen LogP contribution in [0.3, 0.4) is 0 Å². The van der Waals surface area contributed by atoms with Crippen LogP contribution in [0.1, 0.15) is 85.4 Å². The minimum Gasteiger partial charge on any atom is -0.478 e. The number of rotatable bonds is 13. The van der Waals surface area contributed by atoms with Crippen molar-refractivity contribution in [3.05, 3.63) is 47.5 Å². The smallest absolute Gasteiger partial charge is 0.339 e. The molecule has 1 rings (SSSR count). The molecule has 0 aliphatic heterocycles. The van der Waals surface area contributed by atoms with Gasteiger partial charge in [-0.2, -0.15) is 0 Å². The topological polar surface area (TPSA) is 63.6 Å². The number of aromatic carboxylic acids is 1. The Hall–Kier alpha value is -2.10. The van der Waals surface area contributed by atoms with Crippen LogP contribution in [0.4, 0.5) is 0 Å². The highest BCUT2D eigenvalue weighted by atomic mass is 16.5. The molecule has 138 valence electrons. The number of benzene rings is 1. The van der Waals surface area contributed by atoms with E-state index in [1.165, 1.54) is 37.8 Å². The summed E-state index contributed by atoms with van der Waals surface area (Å²) < 4.78 is 5.19. The molecule has 0 aliphatic carbocycles. The van der Waals surface area contributed by atoms with Crippen LogP contribution in [0.15, 0.2) is 36.4 Å². The summed E-state index contributed by atoms with van der Waals surface area (Å²) in [7, 11) is 0. The maximum Gasteiger partial charge on any atom is 0.339 e. The second kappa shape index (κ2) is 13.2. The van der Waals surface area contributed by atoms with E-state index in [-0.39, 0.29) is 11.1 Å². The quantitative estimate of drug-likeness (QED) is 0.286. The molecule has 0 unspecified atom stereocenters. The third-order valence-corrected chi connectivity index (χ3v) is 4.02. The van der Waals surface area contributed by atoms with Crippen molar-refractivity contribution in [3.63, 3.8) is 0 Å². The zero-order valence-electron chi connectivity index (χ0n) is 15.2. The third kappa shape index (κ3) is 9.08. The van der Waals surface area contributed by atoms with E-state index in [0.29, 0.717) is 6.61 Å². The fraction of sp³-hybridized carbons (Fsp3) is 0.524. The van der Waals surface area contributed by atoms with E-state index in [0.717, 1.165) is 32.1 Å². The maximum atomic E-state index is 12.0. The number of hydrogen-bond acceptors (Lipinski definition) is 3. The molecule has 0 saturated carbocycles. The molecule has 1 aromatic rings. The number of esters is 1. The normalized spacial score (nSPS) is 10.9. The van der Waals surface area contributed by atoms with E-state index in [4.69, 9.17) is 9.84 Å². The largest absolute Gasteiger partial charge is 0.478 e. The molecule has 4 heteroatoms. The predicted octanol–water partition coefficient (Wildman–Crippen LogP) is 5.63. The van der Waals surface area contributed by atoms with Crippen LogP contribution in [0.5, 0.6) is 0 Å². The lowest BCUT2D eigenvalue weighted by Gasteiger charge is -2.07. The number of carbonyl (C=O) groups is 2. The van der Waals surface area contributed by atoms with E-state index in [1.54, 1.807) is 12.1 Å². The number of carboxylic acids is 1. The first-order chi connectivity index (χ1) is 12.2. The van der Waals surface area contributed by atoms with Crippen LogP contribution in [-0.4, -0.2) is 23.7 Å². The SMILES string of the molecule is CCCCC/C=C/CCCCCCOC(=O)c1ccccc1C(=O)O. The van der Waals surface area contributed by atoms with Gasteiger partial charge in [0.25, 0.3) is 0 Å². The van der Waals surface area contributed by atoms with Crippen LogP contribution in [0.25, 0.3) is 0 Å². The minimum atomic E-state index is -1.12. The summed E-state index contributed by atoms with van der Waals surface area (Å²) in [5.74, 6) is -1.68. The van der Waals surface area contributed by atoms with E-state index in [9.17, 15) is 9.59 Å². The van der Waals surface area contributed by atoms with Crippen LogP contribution in [0.2, 0.25) is 0 Å². The van der Waals surface area contributed by atoms with Crippen LogP contribution < -0.4 is 0 Å². The van der Waals surface area contributed by atoms with Crippen molar-refractivity contribution in [1.29, 1.82) is 0 Å². The third-order valence-electron chi connectivity index (χ3n) is 4.02. The van der Waals surface area contributed by atoms with E-state index < -0.39 is 11.9 Å². The molecule has 25 heavy (non-hydrogen) atoms. The monoisotopic (exact) mass is 346 g/mol. The Kier molecular flexibility index (Phi) is 11.1. The highest BCUT2D eigenvalue weighted by molar-refractivity contribution is 6.02. The van der Waals surface area contributed by atoms with Crippen LogP contribution >= 0.6 is 0 Å². The van der Waals surface area contributed by atoms with Crippen molar-refractivity contribution >= 4 is 11.9 Å². The second-order valence-electron chi connectivity index (χ2n) is 6.16. The van der Waals surface area contributed by atoms with Crippen molar-refractivity contribution in [3.8, 4) is 0 Å². The molecule has 0 atom stereocenters. The molecule has 0 radical (unpaired) electrons. The van der Waals surface area contributed by atoms with E-state index in [2.05, 4.69) is 19.1 Å². The van der Waals surface area contributed by atoms with Crippen molar-refractivity contribution < 1.29 is 19.4 Å². The van der Waals surface area contributed by atoms with E-state index in [1.807, 2.05) is 0 Å². The number of hydrogen-bond donors (Lipinski definition) is 1. The second-order valence-corrected chi connectivity index (χ2v) is 6.16. The van der Waals surface area contributed by atoms with Crippen LogP contribution in [0, 0.1) is 0 Å². The first-order valence-corrected chi connectivity index (χ1v) is 9.31. The average Bonchev–Trinajstić information content (AvgIpc) is 2.62. The molecular weight excluding hydrogens is 316 g/mol. The first-order valence-electron chi connectivity index (χ1n) is 9.31. The maximum absolute atomic E-state index is 12.0. The molecule has 0 bridgehead atoms. The highest BCUT2D eigenvalue weighted by Gasteiger charge is 2.16. The van der Waals surface area contributed by atoms with Gasteiger partial charge in [-0.05, 0) is 44.2 Å². The number of ether oxygens (including phenoxy) is 1. The van der Waals surface area contributed by atoms with Gasteiger partial charge in [0.05, 0.1) is 17.7 Å². The van der Waals surface area contributed by atoms with Gasteiger partial charge in [0.2, 0.25) is 0 Å². The lowest BCUT2D eigenvalue weighted by Crippen LogP contribution is -2.12. The molecule has 0 fully saturated rings. The summed E-state index contributed by atoms with van der Waals surface area (Å²) in [4.78, 5) is 23.0. The van der Waals surface area contributed by atoms with Crippen molar-refractivity contribution in [1.82, 2.24) is 0 Å². The standard InChI is InChI=1S/C21H30O4/c1-2-3-4-5-6-7-8-9-10-11-14-17-25-21(24)19-16-13-12-15-18(19)20(22)23/h6-7,12-13,15-16H,2-5,8-11,14,17H2,1H3,(H,22,23)/b7-6+.